The second-order valence-electron chi connectivity index (χ2n) is 6.78. The number of aliphatic hydroxyl groups excluding tert-OH is 1. The van der Waals surface area contributed by atoms with Gasteiger partial charge in [0.2, 0.25) is 0 Å². The lowest BCUT2D eigenvalue weighted by atomic mass is 9.89. The van der Waals surface area contributed by atoms with Crippen LogP contribution in [0.15, 0.2) is 24.3 Å². The van der Waals surface area contributed by atoms with Crippen molar-refractivity contribution in [3.05, 3.63) is 35.4 Å². The number of likely N-dealkylation sites (tertiary alicyclic amines) is 1. The summed E-state index contributed by atoms with van der Waals surface area (Å²) in [5.41, 5.74) is 2.75. The third-order valence-corrected chi connectivity index (χ3v) is 4.97. The summed E-state index contributed by atoms with van der Waals surface area (Å²) in [4.78, 5) is 2.40. The van der Waals surface area contributed by atoms with E-state index >= 15 is 0 Å². The van der Waals surface area contributed by atoms with Crippen molar-refractivity contribution >= 4 is 0 Å². The predicted molar refractivity (Wildman–Crippen MR) is 89.0 cm³/mol. The maximum Gasteiger partial charge on any atom is 0.0900 e. The molecule has 2 atom stereocenters. The molecule has 0 radical (unpaired) electrons. The Bertz CT molecular complexity index is 455. The van der Waals surface area contributed by atoms with Crippen molar-refractivity contribution in [3.63, 3.8) is 0 Å². The summed E-state index contributed by atoms with van der Waals surface area (Å²) in [6.07, 6.45) is 8.43. The fourth-order valence-electron chi connectivity index (χ4n) is 3.78. The molecule has 3 nitrogen and oxygen atoms in total. The minimum Gasteiger partial charge on any atom is -0.389 e. The van der Waals surface area contributed by atoms with Gasteiger partial charge in [0.25, 0.3) is 0 Å². The van der Waals surface area contributed by atoms with E-state index in [4.69, 9.17) is 4.74 Å². The Morgan fingerprint density at radius 3 is 2.68 bits per heavy atom. The fourth-order valence-corrected chi connectivity index (χ4v) is 3.78. The van der Waals surface area contributed by atoms with Crippen LogP contribution in [-0.4, -0.2) is 42.4 Å². The van der Waals surface area contributed by atoms with Gasteiger partial charge in [-0.2, -0.15) is 0 Å². The van der Waals surface area contributed by atoms with E-state index in [9.17, 15) is 5.11 Å². The first-order valence-corrected chi connectivity index (χ1v) is 8.93. The van der Waals surface area contributed by atoms with Gasteiger partial charge in [-0.05, 0) is 56.3 Å². The zero-order valence-electron chi connectivity index (χ0n) is 13.5. The van der Waals surface area contributed by atoms with Crippen LogP contribution < -0.4 is 0 Å². The molecule has 3 heteroatoms. The van der Waals surface area contributed by atoms with Crippen LogP contribution in [0.2, 0.25) is 0 Å². The number of ether oxygens (including phenoxy) is 1. The smallest absolute Gasteiger partial charge is 0.0900 e. The van der Waals surface area contributed by atoms with E-state index < -0.39 is 0 Å². The SMILES string of the molecule is O[C@@H](CO[C@@H]1CCCc2ccccc21)CN1CCCCCC1. The Morgan fingerprint density at radius 1 is 1.09 bits per heavy atom. The van der Waals surface area contributed by atoms with Crippen LogP contribution in [0.25, 0.3) is 0 Å². The molecule has 1 fully saturated rings. The molecule has 1 saturated heterocycles. The van der Waals surface area contributed by atoms with Crippen molar-refractivity contribution in [2.45, 2.75) is 57.2 Å². The molecule has 22 heavy (non-hydrogen) atoms. The molecule has 0 bridgehead atoms. The molecule has 1 aliphatic carbocycles. The van der Waals surface area contributed by atoms with E-state index in [1.54, 1.807) is 0 Å². The van der Waals surface area contributed by atoms with Gasteiger partial charge in [-0.15, -0.1) is 0 Å². The Balaban J connectivity index is 1.48. The number of aryl methyl sites for hydroxylation is 1. The average molecular weight is 303 g/mol. The standard InChI is InChI=1S/C19H29NO2/c21-17(14-20-12-5-1-2-6-13-20)15-22-19-11-7-9-16-8-3-4-10-18(16)19/h3-4,8,10,17,19,21H,1-2,5-7,9,11-15H2/t17-,19-/m1/s1. The Kier molecular flexibility index (Phi) is 5.88. The van der Waals surface area contributed by atoms with Crippen molar-refractivity contribution in [3.8, 4) is 0 Å². The summed E-state index contributed by atoms with van der Waals surface area (Å²) in [5, 5.41) is 10.3. The highest BCUT2D eigenvalue weighted by molar-refractivity contribution is 5.31. The maximum absolute atomic E-state index is 10.3. The van der Waals surface area contributed by atoms with Crippen molar-refractivity contribution in [2.24, 2.45) is 0 Å². The van der Waals surface area contributed by atoms with Gasteiger partial charge >= 0.3 is 0 Å². The molecule has 0 aromatic heterocycles. The number of hydrogen-bond acceptors (Lipinski definition) is 3. The predicted octanol–water partition coefficient (Wildman–Crippen LogP) is 3.32. The molecule has 0 saturated carbocycles. The van der Waals surface area contributed by atoms with Crippen molar-refractivity contribution < 1.29 is 9.84 Å². The number of benzene rings is 1. The number of nitrogens with zero attached hydrogens (tertiary/aromatic N) is 1. The molecule has 3 rings (SSSR count). The topological polar surface area (TPSA) is 32.7 Å². The molecule has 1 aromatic rings. The number of hydrogen-bond donors (Lipinski definition) is 1. The average Bonchev–Trinajstić information content (AvgIpc) is 2.81. The number of β-amino-alcohol motifs (C(OH)–C–C–N with tert-alkyl or cyclic N) is 1. The Hall–Kier alpha value is -0.900. The number of fused-ring (bicyclic) bond motifs is 1. The number of rotatable bonds is 5. The molecule has 1 aliphatic heterocycles. The first kappa shape index (κ1) is 16.0. The summed E-state index contributed by atoms with van der Waals surface area (Å²) in [6.45, 7) is 3.47. The summed E-state index contributed by atoms with van der Waals surface area (Å²) in [7, 11) is 0. The lowest BCUT2D eigenvalue weighted by molar-refractivity contribution is -0.0278. The van der Waals surface area contributed by atoms with Gasteiger partial charge in [0, 0.05) is 6.54 Å². The molecule has 1 aromatic carbocycles. The monoisotopic (exact) mass is 303 g/mol. The van der Waals surface area contributed by atoms with Crippen molar-refractivity contribution in [1.82, 2.24) is 4.90 Å². The highest BCUT2D eigenvalue weighted by Crippen LogP contribution is 2.32. The van der Waals surface area contributed by atoms with Gasteiger partial charge in [0.15, 0.2) is 0 Å². The van der Waals surface area contributed by atoms with E-state index in [0.717, 1.165) is 32.5 Å². The molecule has 0 spiro atoms. The minimum atomic E-state index is -0.368. The van der Waals surface area contributed by atoms with Gasteiger partial charge in [0.1, 0.15) is 0 Å². The van der Waals surface area contributed by atoms with Crippen LogP contribution in [0.1, 0.15) is 55.8 Å². The van der Waals surface area contributed by atoms with Gasteiger partial charge < -0.3 is 14.7 Å². The van der Waals surface area contributed by atoms with Gasteiger partial charge in [-0.25, -0.2) is 0 Å². The third-order valence-electron chi connectivity index (χ3n) is 4.97. The fraction of sp³-hybridized carbons (Fsp3) is 0.684. The lowest BCUT2D eigenvalue weighted by Crippen LogP contribution is -2.36. The second-order valence-corrected chi connectivity index (χ2v) is 6.78. The van der Waals surface area contributed by atoms with Crippen molar-refractivity contribution in [2.75, 3.05) is 26.2 Å². The van der Waals surface area contributed by atoms with E-state index in [1.165, 1.54) is 43.2 Å². The van der Waals surface area contributed by atoms with Gasteiger partial charge in [-0.3, -0.25) is 0 Å². The maximum atomic E-state index is 10.3. The van der Waals surface area contributed by atoms with Crippen LogP contribution in [0.4, 0.5) is 0 Å². The third kappa shape index (κ3) is 4.31. The van der Waals surface area contributed by atoms with Crippen LogP contribution in [-0.2, 0) is 11.2 Å². The minimum absolute atomic E-state index is 0.170. The molecule has 1 heterocycles. The highest BCUT2D eigenvalue weighted by atomic mass is 16.5. The Labute approximate surface area is 134 Å². The molecular formula is C19H29NO2. The summed E-state index contributed by atoms with van der Waals surface area (Å²) in [6, 6.07) is 8.59. The molecular weight excluding hydrogens is 274 g/mol. The molecule has 2 aliphatic rings. The Morgan fingerprint density at radius 2 is 1.86 bits per heavy atom. The normalized spacial score (nSPS) is 24.5. The lowest BCUT2D eigenvalue weighted by Gasteiger charge is -2.28. The van der Waals surface area contributed by atoms with Crippen molar-refractivity contribution in [1.29, 1.82) is 0 Å². The van der Waals surface area contributed by atoms with E-state index in [2.05, 4.69) is 29.2 Å². The zero-order chi connectivity index (χ0) is 15.2. The number of aliphatic hydroxyl groups is 1. The quantitative estimate of drug-likeness (QED) is 0.906. The largest absolute Gasteiger partial charge is 0.389 e. The van der Waals surface area contributed by atoms with E-state index in [-0.39, 0.29) is 12.2 Å². The summed E-state index contributed by atoms with van der Waals surface area (Å²) < 4.78 is 6.07. The first-order valence-electron chi connectivity index (χ1n) is 8.93. The summed E-state index contributed by atoms with van der Waals surface area (Å²) in [5.74, 6) is 0. The zero-order valence-corrected chi connectivity index (χ0v) is 13.5. The van der Waals surface area contributed by atoms with Gasteiger partial charge in [-0.1, -0.05) is 37.1 Å². The second kappa shape index (κ2) is 8.09. The highest BCUT2D eigenvalue weighted by Gasteiger charge is 2.22. The van der Waals surface area contributed by atoms with Crippen LogP contribution in [0, 0.1) is 0 Å². The molecule has 1 N–H and O–H groups in total. The molecule has 0 amide bonds. The van der Waals surface area contributed by atoms with Gasteiger partial charge in [0.05, 0.1) is 18.8 Å². The summed E-state index contributed by atoms with van der Waals surface area (Å²) >= 11 is 0. The van der Waals surface area contributed by atoms with E-state index in [0.29, 0.717) is 6.61 Å². The van der Waals surface area contributed by atoms with E-state index in [1.807, 2.05) is 0 Å². The van der Waals surface area contributed by atoms with Crippen LogP contribution >= 0.6 is 0 Å². The van der Waals surface area contributed by atoms with Crippen LogP contribution in [0.5, 0.6) is 0 Å². The first-order chi connectivity index (χ1) is 10.8. The molecule has 0 unspecified atom stereocenters. The van der Waals surface area contributed by atoms with Crippen LogP contribution in [0.3, 0.4) is 0 Å². The molecule has 122 valence electrons.